The summed E-state index contributed by atoms with van der Waals surface area (Å²) in [4.78, 5) is 0. The number of nitrogens with two attached hydrogens (primary N) is 1. The summed E-state index contributed by atoms with van der Waals surface area (Å²) in [5, 5.41) is 0. The molecule has 2 rings (SSSR count). The van der Waals surface area contributed by atoms with Crippen molar-refractivity contribution in [1.82, 2.24) is 0 Å². The highest BCUT2D eigenvalue weighted by atomic mass is 19.1. The number of benzene rings is 2. The quantitative estimate of drug-likeness (QED) is 0.828. The summed E-state index contributed by atoms with van der Waals surface area (Å²) in [6, 6.07) is 3.74. The van der Waals surface area contributed by atoms with Crippen molar-refractivity contribution in [3.05, 3.63) is 70.3 Å². The first-order chi connectivity index (χ1) is 8.90. The lowest BCUT2D eigenvalue weighted by molar-refractivity contribution is 0.514. The van der Waals surface area contributed by atoms with Crippen molar-refractivity contribution < 1.29 is 17.6 Å². The van der Waals surface area contributed by atoms with E-state index in [0.29, 0.717) is 23.3 Å². The maximum atomic E-state index is 13.6. The van der Waals surface area contributed by atoms with Crippen LogP contribution >= 0.6 is 0 Å². The van der Waals surface area contributed by atoms with Gasteiger partial charge in [0.1, 0.15) is 23.3 Å². The molecule has 5 heteroatoms. The molecule has 0 fully saturated rings. The minimum atomic E-state index is -1.12. The van der Waals surface area contributed by atoms with Crippen LogP contribution in [0.1, 0.15) is 22.7 Å². The normalized spacial score (nSPS) is 12.5. The summed E-state index contributed by atoms with van der Waals surface area (Å²) in [5.74, 6) is -3.60. The van der Waals surface area contributed by atoms with Gasteiger partial charge in [0.05, 0.1) is 6.04 Å². The molecule has 0 aliphatic carbocycles. The zero-order valence-corrected chi connectivity index (χ0v) is 10.1. The Kier molecular flexibility index (Phi) is 3.57. The minimum Gasteiger partial charge on any atom is -0.320 e. The summed E-state index contributed by atoms with van der Waals surface area (Å²) in [6.45, 7) is 1.58. The third-order valence-corrected chi connectivity index (χ3v) is 2.92. The van der Waals surface area contributed by atoms with Crippen LogP contribution in [0.4, 0.5) is 17.6 Å². The predicted octanol–water partition coefficient (Wildman–Crippen LogP) is 3.60. The zero-order chi connectivity index (χ0) is 14.2. The highest BCUT2D eigenvalue weighted by Gasteiger charge is 2.21. The molecule has 0 spiro atoms. The highest BCUT2D eigenvalue weighted by molar-refractivity contribution is 5.38. The van der Waals surface area contributed by atoms with Crippen LogP contribution in [0, 0.1) is 30.2 Å². The molecule has 0 aliphatic rings. The van der Waals surface area contributed by atoms with Gasteiger partial charge in [-0.1, -0.05) is 6.07 Å². The number of hydrogen-bond acceptors (Lipinski definition) is 1. The van der Waals surface area contributed by atoms with Gasteiger partial charge >= 0.3 is 0 Å². The second-order valence-corrected chi connectivity index (χ2v) is 4.26. The van der Waals surface area contributed by atoms with Crippen molar-refractivity contribution in [2.45, 2.75) is 13.0 Å². The van der Waals surface area contributed by atoms with Crippen molar-refractivity contribution in [3.8, 4) is 0 Å². The number of aryl methyl sites for hydroxylation is 1. The van der Waals surface area contributed by atoms with E-state index in [0.717, 1.165) is 6.07 Å². The molecular formula is C14H11F4N. The van der Waals surface area contributed by atoms with Crippen molar-refractivity contribution in [3.63, 3.8) is 0 Å². The summed E-state index contributed by atoms with van der Waals surface area (Å²) in [7, 11) is 0. The molecule has 2 N–H and O–H groups in total. The molecule has 19 heavy (non-hydrogen) atoms. The van der Waals surface area contributed by atoms with Crippen LogP contribution in [0.5, 0.6) is 0 Å². The molecular weight excluding hydrogens is 258 g/mol. The summed E-state index contributed by atoms with van der Waals surface area (Å²) < 4.78 is 53.1. The van der Waals surface area contributed by atoms with Crippen LogP contribution in [-0.4, -0.2) is 0 Å². The van der Waals surface area contributed by atoms with Gasteiger partial charge in [0.15, 0.2) is 0 Å². The Labute approximate surface area is 107 Å². The Morgan fingerprint density at radius 3 is 2.00 bits per heavy atom. The van der Waals surface area contributed by atoms with Gasteiger partial charge in [0, 0.05) is 17.7 Å². The van der Waals surface area contributed by atoms with E-state index in [1.807, 2.05) is 0 Å². The fraction of sp³-hybridized carbons (Fsp3) is 0.143. The maximum Gasteiger partial charge on any atom is 0.134 e. The Hall–Kier alpha value is -1.88. The molecule has 0 aliphatic heterocycles. The van der Waals surface area contributed by atoms with Crippen LogP contribution < -0.4 is 5.73 Å². The SMILES string of the molecule is Cc1cc(F)ccc1C(N)c1c(F)cc(F)cc1F. The van der Waals surface area contributed by atoms with E-state index in [4.69, 9.17) is 5.73 Å². The Morgan fingerprint density at radius 1 is 0.895 bits per heavy atom. The minimum absolute atomic E-state index is 0.380. The Morgan fingerprint density at radius 2 is 1.47 bits per heavy atom. The third-order valence-electron chi connectivity index (χ3n) is 2.92. The van der Waals surface area contributed by atoms with E-state index in [2.05, 4.69) is 0 Å². The van der Waals surface area contributed by atoms with Crippen LogP contribution in [-0.2, 0) is 0 Å². The van der Waals surface area contributed by atoms with Gasteiger partial charge in [-0.15, -0.1) is 0 Å². The third kappa shape index (κ3) is 2.61. The smallest absolute Gasteiger partial charge is 0.134 e. The predicted molar refractivity (Wildman–Crippen MR) is 63.5 cm³/mol. The van der Waals surface area contributed by atoms with Gasteiger partial charge in [-0.25, -0.2) is 17.6 Å². The zero-order valence-electron chi connectivity index (χ0n) is 10.1. The molecule has 1 unspecified atom stereocenters. The van der Waals surface area contributed by atoms with Gasteiger partial charge < -0.3 is 5.73 Å². The Bertz CT molecular complexity index is 602. The molecule has 0 radical (unpaired) electrons. The first kappa shape index (κ1) is 13.5. The van der Waals surface area contributed by atoms with Crippen molar-refractivity contribution in [2.24, 2.45) is 5.73 Å². The van der Waals surface area contributed by atoms with E-state index in [1.165, 1.54) is 12.1 Å². The van der Waals surface area contributed by atoms with Crippen LogP contribution in [0.25, 0.3) is 0 Å². The molecule has 0 saturated carbocycles. The first-order valence-corrected chi connectivity index (χ1v) is 5.56. The lowest BCUT2D eigenvalue weighted by Gasteiger charge is -2.16. The average Bonchev–Trinajstić information content (AvgIpc) is 2.26. The first-order valence-electron chi connectivity index (χ1n) is 5.56. The van der Waals surface area contributed by atoms with E-state index in [1.54, 1.807) is 6.92 Å². The standard InChI is InChI=1S/C14H11F4N/c1-7-4-8(15)2-3-10(7)14(19)13-11(17)5-9(16)6-12(13)18/h2-6,14H,19H2,1H3. The van der Waals surface area contributed by atoms with Crippen LogP contribution in [0.15, 0.2) is 30.3 Å². The molecule has 0 heterocycles. The van der Waals surface area contributed by atoms with Gasteiger partial charge in [-0.05, 0) is 30.2 Å². The monoisotopic (exact) mass is 269 g/mol. The topological polar surface area (TPSA) is 26.0 Å². The van der Waals surface area contributed by atoms with Gasteiger partial charge in [-0.2, -0.15) is 0 Å². The second-order valence-electron chi connectivity index (χ2n) is 4.26. The van der Waals surface area contributed by atoms with E-state index >= 15 is 0 Å². The lowest BCUT2D eigenvalue weighted by atomic mass is 9.95. The van der Waals surface area contributed by atoms with Crippen molar-refractivity contribution in [1.29, 1.82) is 0 Å². The summed E-state index contributed by atoms with van der Waals surface area (Å²) in [5.41, 5.74) is 6.21. The number of hydrogen-bond donors (Lipinski definition) is 1. The molecule has 0 saturated heterocycles. The van der Waals surface area contributed by atoms with Crippen LogP contribution in [0.3, 0.4) is 0 Å². The molecule has 2 aromatic rings. The highest BCUT2D eigenvalue weighted by Crippen LogP contribution is 2.28. The van der Waals surface area contributed by atoms with Gasteiger partial charge in [0.2, 0.25) is 0 Å². The van der Waals surface area contributed by atoms with Crippen molar-refractivity contribution >= 4 is 0 Å². The summed E-state index contributed by atoms with van der Waals surface area (Å²) >= 11 is 0. The fourth-order valence-electron chi connectivity index (χ4n) is 1.99. The van der Waals surface area contributed by atoms with E-state index in [9.17, 15) is 17.6 Å². The summed E-state index contributed by atoms with van der Waals surface area (Å²) in [6.07, 6.45) is 0. The molecule has 1 nitrogen and oxygen atoms in total. The van der Waals surface area contributed by atoms with Crippen LogP contribution in [0.2, 0.25) is 0 Å². The largest absolute Gasteiger partial charge is 0.320 e. The van der Waals surface area contributed by atoms with Gasteiger partial charge in [-0.3, -0.25) is 0 Å². The maximum absolute atomic E-state index is 13.6. The average molecular weight is 269 g/mol. The van der Waals surface area contributed by atoms with E-state index < -0.39 is 34.9 Å². The number of halogens is 4. The molecule has 0 bridgehead atoms. The molecule has 2 aromatic carbocycles. The lowest BCUT2D eigenvalue weighted by Crippen LogP contribution is -2.17. The second kappa shape index (κ2) is 5.01. The molecule has 1 atom stereocenters. The Balaban J connectivity index is 2.53. The van der Waals surface area contributed by atoms with Crippen molar-refractivity contribution in [2.75, 3.05) is 0 Å². The molecule has 0 aromatic heterocycles. The molecule has 0 amide bonds. The molecule has 100 valence electrons. The fourth-order valence-corrected chi connectivity index (χ4v) is 1.99. The van der Waals surface area contributed by atoms with Gasteiger partial charge in [0.25, 0.3) is 0 Å². The van der Waals surface area contributed by atoms with E-state index in [-0.39, 0.29) is 0 Å². The number of rotatable bonds is 2.